The third kappa shape index (κ3) is 7.96. The molecule has 4 heterocycles. The first-order valence-electron chi connectivity index (χ1n) is 19.3. The number of hydrogen-bond acceptors (Lipinski definition) is 8. The zero-order valence-corrected chi connectivity index (χ0v) is 30.4. The van der Waals surface area contributed by atoms with Gasteiger partial charge in [0.05, 0.1) is 11.0 Å². The molecule has 1 aliphatic carbocycles. The summed E-state index contributed by atoms with van der Waals surface area (Å²) in [5.74, 6) is 3.67. The maximum atomic E-state index is 4.95. The van der Waals surface area contributed by atoms with Gasteiger partial charge < -0.3 is 20.4 Å². The molecule has 266 valence electrons. The zero-order chi connectivity index (χ0) is 35.1. The molecule has 0 bridgehead atoms. The zero-order valence-electron chi connectivity index (χ0n) is 30.4. The normalized spacial score (nSPS) is 16.0. The Morgan fingerprint density at radius 2 is 1.06 bits per heavy atom. The van der Waals surface area contributed by atoms with Crippen molar-refractivity contribution in [1.82, 2.24) is 19.9 Å². The molecule has 6 aromatic rings. The van der Waals surface area contributed by atoms with E-state index in [2.05, 4.69) is 118 Å². The van der Waals surface area contributed by atoms with Crippen molar-refractivity contribution in [3.8, 4) is 0 Å². The number of para-hydroxylation sites is 2. The molecule has 0 radical (unpaired) electrons. The van der Waals surface area contributed by atoms with Crippen molar-refractivity contribution in [3.05, 3.63) is 119 Å². The second-order valence-electron chi connectivity index (χ2n) is 14.6. The highest BCUT2D eigenvalue weighted by Crippen LogP contribution is 2.30. The molecule has 8 nitrogen and oxygen atoms in total. The molecule has 4 aromatic carbocycles. The van der Waals surface area contributed by atoms with Crippen LogP contribution in [0.5, 0.6) is 0 Å². The van der Waals surface area contributed by atoms with Gasteiger partial charge in [-0.2, -0.15) is 9.97 Å². The molecule has 8 heteroatoms. The average molecular weight is 691 g/mol. The number of aryl methyl sites for hydroxylation is 1. The molecular formula is C44H50N8. The molecule has 9 rings (SSSR count). The van der Waals surface area contributed by atoms with E-state index in [4.69, 9.17) is 19.9 Å². The summed E-state index contributed by atoms with van der Waals surface area (Å²) < 4.78 is 0. The number of nitrogens with zero attached hydrogens (tertiary/aromatic N) is 6. The first kappa shape index (κ1) is 33.9. The van der Waals surface area contributed by atoms with Gasteiger partial charge in [0.2, 0.25) is 11.9 Å². The van der Waals surface area contributed by atoms with Crippen LogP contribution < -0.4 is 20.4 Å². The molecule has 2 fully saturated rings. The Balaban J connectivity index is 0.000000149. The van der Waals surface area contributed by atoms with Crippen molar-refractivity contribution < 1.29 is 0 Å². The first-order chi connectivity index (χ1) is 25.7. The summed E-state index contributed by atoms with van der Waals surface area (Å²) in [6.45, 7) is 7.22. The van der Waals surface area contributed by atoms with Crippen LogP contribution in [-0.4, -0.2) is 58.7 Å². The van der Waals surface area contributed by atoms with Gasteiger partial charge in [-0.05, 0) is 106 Å². The summed E-state index contributed by atoms with van der Waals surface area (Å²) in [5, 5.41) is 9.49. The number of rotatable bonds is 8. The van der Waals surface area contributed by atoms with Crippen LogP contribution in [-0.2, 0) is 19.3 Å². The fourth-order valence-corrected chi connectivity index (χ4v) is 7.78. The summed E-state index contributed by atoms with van der Waals surface area (Å²) in [6, 6.07) is 34.5. The Bertz CT molecular complexity index is 2080. The predicted molar refractivity (Wildman–Crippen MR) is 216 cm³/mol. The molecule has 0 unspecified atom stereocenters. The Morgan fingerprint density at radius 3 is 1.63 bits per heavy atom. The highest BCUT2D eigenvalue weighted by atomic mass is 15.3. The van der Waals surface area contributed by atoms with Gasteiger partial charge in [0, 0.05) is 49.5 Å². The van der Waals surface area contributed by atoms with Crippen LogP contribution >= 0.6 is 0 Å². The van der Waals surface area contributed by atoms with E-state index in [0.29, 0.717) is 6.04 Å². The van der Waals surface area contributed by atoms with E-state index in [0.717, 1.165) is 97.3 Å². The van der Waals surface area contributed by atoms with Gasteiger partial charge in [-0.3, -0.25) is 0 Å². The van der Waals surface area contributed by atoms with E-state index in [1.165, 1.54) is 60.8 Å². The van der Waals surface area contributed by atoms with Crippen molar-refractivity contribution in [2.45, 2.75) is 70.8 Å². The van der Waals surface area contributed by atoms with E-state index in [1.54, 1.807) is 0 Å². The van der Waals surface area contributed by atoms with Gasteiger partial charge in [0.25, 0.3) is 0 Å². The lowest BCUT2D eigenvalue weighted by Crippen LogP contribution is -2.31. The number of piperidine rings is 2. The number of fused-ring (bicyclic) bond motifs is 3. The van der Waals surface area contributed by atoms with Crippen molar-refractivity contribution in [1.29, 1.82) is 0 Å². The van der Waals surface area contributed by atoms with Gasteiger partial charge in [-0.25, -0.2) is 9.97 Å². The number of hydrogen-bond donors (Lipinski definition) is 2. The van der Waals surface area contributed by atoms with Crippen LogP contribution in [0.25, 0.3) is 21.8 Å². The van der Waals surface area contributed by atoms with Gasteiger partial charge in [0.1, 0.15) is 11.6 Å². The van der Waals surface area contributed by atoms with E-state index in [1.807, 2.05) is 6.07 Å². The third-order valence-corrected chi connectivity index (χ3v) is 10.7. The fraction of sp³-hybridized carbons (Fsp3) is 0.364. The monoisotopic (exact) mass is 690 g/mol. The van der Waals surface area contributed by atoms with Crippen LogP contribution in [0.4, 0.5) is 23.5 Å². The van der Waals surface area contributed by atoms with Gasteiger partial charge in [-0.15, -0.1) is 0 Å². The smallest absolute Gasteiger partial charge is 0.227 e. The standard InChI is InChI=1S/C22H24N4.C22H26N4/c1-6-12-26(13-7-1)22-24-20-11-5-4-10-19(20)21(25-22)23-18-14-16-8-2-3-9-17(16)15-18;1-17-9-11-18(12-10-17)13-14-23-21-19-7-3-4-8-20(19)24-22(25-21)26-15-5-2-6-16-26/h2-5,8-11,18H,1,6-7,12-15H2,(H,23,24,25);3-4,7-12H,2,5-6,13-16H2,1H3,(H,23,24,25). The highest BCUT2D eigenvalue weighted by Gasteiger charge is 2.23. The minimum atomic E-state index is 0.403. The Morgan fingerprint density at radius 1 is 0.558 bits per heavy atom. The molecular weight excluding hydrogens is 641 g/mol. The summed E-state index contributed by atoms with van der Waals surface area (Å²) in [7, 11) is 0. The SMILES string of the molecule is Cc1ccc(CCNc2nc(N3CCCCC3)nc3ccccc23)cc1.c1ccc2c(c1)CC(Nc1nc(N3CCCCC3)nc3ccccc13)C2. The fourth-order valence-electron chi connectivity index (χ4n) is 7.78. The first-order valence-corrected chi connectivity index (χ1v) is 19.3. The molecule has 0 amide bonds. The van der Waals surface area contributed by atoms with E-state index >= 15 is 0 Å². The second kappa shape index (κ2) is 16.0. The van der Waals surface area contributed by atoms with Crippen LogP contribution in [0.1, 0.15) is 60.8 Å². The highest BCUT2D eigenvalue weighted by molar-refractivity contribution is 5.91. The molecule has 0 saturated carbocycles. The quantitative estimate of drug-likeness (QED) is 0.164. The summed E-state index contributed by atoms with van der Waals surface area (Å²) in [4.78, 5) is 24.1. The maximum absolute atomic E-state index is 4.95. The number of benzene rings is 4. The summed E-state index contributed by atoms with van der Waals surface area (Å²) in [5.41, 5.74) is 7.61. The number of nitrogens with one attached hydrogen (secondary N) is 2. The third-order valence-electron chi connectivity index (χ3n) is 10.7. The molecule has 3 aliphatic rings. The molecule has 2 aliphatic heterocycles. The molecule has 52 heavy (non-hydrogen) atoms. The van der Waals surface area contributed by atoms with Crippen LogP contribution in [0.3, 0.4) is 0 Å². The van der Waals surface area contributed by atoms with Crippen molar-refractivity contribution in [2.75, 3.05) is 53.2 Å². The van der Waals surface area contributed by atoms with Crippen LogP contribution in [0.2, 0.25) is 0 Å². The Labute approximate surface area is 307 Å². The predicted octanol–water partition coefficient (Wildman–Crippen LogP) is 8.78. The molecule has 2 aromatic heterocycles. The minimum absolute atomic E-state index is 0.403. The topological polar surface area (TPSA) is 82.1 Å². The molecule has 0 atom stereocenters. The van der Waals surface area contributed by atoms with E-state index in [-0.39, 0.29) is 0 Å². The Hall–Kier alpha value is -5.24. The lowest BCUT2D eigenvalue weighted by Gasteiger charge is -2.27. The average Bonchev–Trinajstić information content (AvgIpc) is 3.62. The van der Waals surface area contributed by atoms with E-state index in [9.17, 15) is 0 Å². The van der Waals surface area contributed by atoms with Crippen molar-refractivity contribution >= 4 is 45.3 Å². The number of aromatic nitrogens is 4. The second-order valence-corrected chi connectivity index (χ2v) is 14.6. The van der Waals surface area contributed by atoms with Gasteiger partial charge in [-0.1, -0.05) is 78.4 Å². The summed E-state index contributed by atoms with van der Waals surface area (Å²) >= 11 is 0. The summed E-state index contributed by atoms with van der Waals surface area (Å²) in [6.07, 6.45) is 10.7. The van der Waals surface area contributed by atoms with E-state index < -0.39 is 0 Å². The lowest BCUT2D eigenvalue weighted by molar-refractivity contribution is 0.569. The van der Waals surface area contributed by atoms with Gasteiger partial charge in [0.15, 0.2) is 0 Å². The van der Waals surface area contributed by atoms with Crippen LogP contribution in [0, 0.1) is 6.92 Å². The molecule has 0 spiro atoms. The maximum Gasteiger partial charge on any atom is 0.227 e. The Kier molecular flexibility index (Phi) is 10.4. The lowest BCUT2D eigenvalue weighted by atomic mass is 10.1. The van der Waals surface area contributed by atoms with Crippen LogP contribution in [0.15, 0.2) is 97.1 Å². The van der Waals surface area contributed by atoms with Gasteiger partial charge >= 0.3 is 0 Å². The molecule has 2 N–H and O–H groups in total. The number of anilines is 4. The van der Waals surface area contributed by atoms with Crippen molar-refractivity contribution in [2.24, 2.45) is 0 Å². The van der Waals surface area contributed by atoms with Crippen molar-refractivity contribution in [3.63, 3.8) is 0 Å². The minimum Gasteiger partial charge on any atom is -0.369 e. The molecule has 2 saturated heterocycles. The largest absolute Gasteiger partial charge is 0.369 e.